The summed E-state index contributed by atoms with van der Waals surface area (Å²) < 4.78 is 20.9. The van der Waals surface area contributed by atoms with Crippen LogP contribution in [0.2, 0.25) is 0 Å². The van der Waals surface area contributed by atoms with Crippen LogP contribution in [0.15, 0.2) is 71.5 Å². The van der Waals surface area contributed by atoms with Crippen molar-refractivity contribution in [1.82, 2.24) is 30.1 Å². The number of nitrogens with zero attached hydrogens (tertiary/aromatic N) is 5. The lowest BCUT2D eigenvalue weighted by atomic mass is 10.0. The number of pyridine rings is 1. The van der Waals surface area contributed by atoms with Crippen LogP contribution in [0.3, 0.4) is 0 Å². The van der Waals surface area contributed by atoms with E-state index >= 15 is 0 Å². The molecule has 0 fully saturated rings. The Morgan fingerprint density at radius 3 is 2.48 bits per heavy atom. The Kier molecular flexibility index (Phi) is 8.02. The highest BCUT2D eigenvalue weighted by Crippen LogP contribution is 2.29. The Labute approximate surface area is 232 Å². The number of methoxy groups -OCH3 is 1. The minimum Gasteiger partial charge on any atom is -0.496 e. The SMILES string of the molecule is CC[C@@H](c1nnnn1Cc1ccc(F)cc1)N(Cc1ccccc1OC)Cc1cc2cc(C)c(C)cc2[nH]c1=O. The van der Waals surface area contributed by atoms with Gasteiger partial charge < -0.3 is 9.72 Å². The van der Waals surface area contributed by atoms with Gasteiger partial charge in [-0.05, 0) is 89.2 Å². The second kappa shape index (κ2) is 11.8. The first-order valence-corrected chi connectivity index (χ1v) is 13.4. The van der Waals surface area contributed by atoms with Crippen LogP contribution in [0.1, 0.15) is 53.0 Å². The molecule has 5 aromatic rings. The third kappa shape index (κ3) is 5.79. The third-order valence-corrected chi connectivity index (χ3v) is 7.41. The average molecular weight is 541 g/mol. The van der Waals surface area contributed by atoms with Gasteiger partial charge >= 0.3 is 0 Å². The normalized spacial score (nSPS) is 12.2. The van der Waals surface area contributed by atoms with Crippen molar-refractivity contribution >= 4 is 10.9 Å². The van der Waals surface area contributed by atoms with Gasteiger partial charge in [0.2, 0.25) is 0 Å². The number of benzene rings is 3. The van der Waals surface area contributed by atoms with Crippen LogP contribution in [-0.2, 0) is 19.6 Å². The maximum absolute atomic E-state index is 13.5. The van der Waals surface area contributed by atoms with Gasteiger partial charge in [0.25, 0.3) is 5.56 Å². The Morgan fingerprint density at radius 2 is 1.73 bits per heavy atom. The predicted molar refractivity (Wildman–Crippen MR) is 153 cm³/mol. The number of ether oxygens (including phenoxy) is 1. The number of aromatic nitrogens is 5. The topological polar surface area (TPSA) is 88.9 Å². The van der Waals surface area contributed by atoms with Gasteiger partial charge in [-0.25, -0.2) is 9.07 Å². The van der Waals surface area contributed by atoms with E-state index < -0.39 is 0 Å². The average Bonchev–Trinajstić information content (AvgIpc) is 3.40. The lowest BCUT2D eigenvalue weighted by molar-refractivity contribution is 0.159. The van der Waals surface area contributed by atoms with Crippen molar-refractivity contribution in [3.8, 4) is 5.75 Å². The number of para-hydroxylation sites is 1. The van der Waals surface area contributed by atoms with Gasteiger partial charge in [-0.3, -0.25) is 9.69 Å². The summed E-state index contributed by atoms with van der Waals surface area (Å²) in [5.74, 6) is 1.15. The molecule has 9 heteroatoms. The smallest absolute Gasteiger partial charge is 0.252 e. The monoisotopic (exact) mass is 540 g/mol. The van der Waals surface area contributed by atoms with Crippen molar-refractivity contribution in [2.75, 3.05) is 7.11 Å². The zero-order chi connectivity index (χ0) is 28.2. The van der Waals surface area contributed by atoms with E-state index in [1.165, 1.54) is 17.7 Å². The third-order valence-electron chi connectivity index (χ3n) is 7.41. The first-order valence-electron chi connectivity index (χ1n) is 13.4. The number of H-pyrrole nitrogens is 1. The van der Waals surface area contributed by atoms with Crippen LogP contribution in [0.4, 0.5) is 4.39 Å². The van der Waals surface area contributed by atoms with Crippen molar-refractivity contribution < 1.29 is 9.13 Å². The molecule has 1 atom stereocenters. The maximum atomic E-state index is 13.5. The first-order chi connectivity index (χ1) is 19.4. The van der Waals surface area contributed by atoms with Gasteiger partial charge in [-0.1, -0.05) is 37.3 Å². The van der Waals surface area contributed by atoms with Gasteiger partial charge in [0, 0.05) is 29.7 Å². The van der Waals surface area contributed by atoms with E-state index in [1.807, 2.05) is 43.3 Å². The number of fused-ring (bicyclic) bond motifs is 1. The minimum absolute atomic E-state index is 0.124. The largest absolute Gasteiger partial charge is 0.496 e. The van der Waals surface area contributed by atoms with Gasteiger partial charge in [0.05, 0.1) is 19.7 Å². The summed E-state index contributed by atoms with van der Waals surface area (Å²) in [7, 11) is 1.65. The highest BCUT2D eigenvalue weighted by atomic mass is 19.1. The Balaban J connectivity index is 1.55. The molecular weight excluding hydrogens is 507 g/mol. The predicted octanol–water partition coefficient (Wildman–Crippen LogP) is 5.48. The van der Waals surface area contributed by atoms with Crippen molar-refractivity contribution in [2.24, 2.45) is 0 Å². The number of aryl methyl sites for hydroxylation is 2. The van der Waals surface area contributed by atoms with Crippen LogP contribution in [-0.4, -0.2) is 37.2 Å². The second-order valence-electron chi connectivity index (χ2n) is 10.1. The fourth-order valence-corrected chi connectivity index (χ4v) is 5.12. The Hall–Kier alpha value is -4.37. The van der Waals surface area contributed by atoms with Gasteiger partial charge in [-0.2, -0.15) is 0 Å². The summed E-state index contributed by atoms with van der Waals surface area (Å²) >= 11 is 0. The molecule has 0 radical (unpaired) electrons. The molecular formula is C31H33FN6O2. The second-order valence-corrected chi connectivity index (χ2v) is 10.1. The van der Waals surface area contributed by atoms with Gasteiger partial charge in [-0.15, -0.1) is 5.10 Å². The molecule has 0 aliphatic rings. The molecule has 0 amide bonds. The molecule has 1 N–H and O–H groups in total. The number of tetrazole rings is 1. The first kappa shape index (κ1) is 27.2. The minimum atomic E-state index is -0.291. The maximum Gasteiger partial charge on any atom is 0.252 e. The number of nitrogens with one attached hydrogen (secondary N) is 1. The molecule has 2 aromatic heterocycles. The molecule has 0 aliphatic carbocycles. The zero-order valence-electron chi connectivity index (χ0n) is 23.2. The molecule has 206 valence electrons. The van der Waals surface area contributed by atoms with Crippen LogP contribution >= 0.6 is 0 Å². The molecule has 0 bridgehead atoms. The quantitative estimate of drug-likeness (QED) is 0.252. The summed E-state index contributed by atoms with van der Waals surface area (Å²) in [6.07, 6.45) is 0.697. The molecule has 0 saturated heterocycles. The lowest BCUT2D eigenvalue weighted by Crippen LogP contribution is -2.32. The molecule has 0 aliphatic heterocycles. The highest BCUT2D eigenvalue weighted by molar-refractivity contribution is 5.80. The van der Waals surface area contributed by atoms with Crippen LogP contribution in [0, 0.1) is 19.7 Å². The lowest BCUT2D eigenvalue weighted by Gasteiger charge is -2.30. The van der Waals surface area contributed by atoms with Gasteiger partial charge in [0.1, 0.15) is 11.6 Å². The highest BCUT2D eigenvalue weighted by Gasteiger charge is 2.27. The van der Waals surface area contributed by atoms with E-state index in [-0.39, 0.29) is 17.4 Å². The van der Waals surface area contributed by atoms with E-state index in [0.29, 0.717) is 37.4 Å². The molecule has 3 aromatic carbocycles. The molecule has 0 unspecified atom stereocenters. The molecule has 2 heterocycles. The molecule has 5 rings (SSSR count). The Morgan fingerprint density at radius 1 is 1.00 bits per heavy atom. The summed E-state index contributed by atoms with van der Waals surface area (Å²) in [5.41, 5.74) is 5.53. The summed E-state index contributed by atoms with van der Waals surface area (Å²) in [4.78, 5) is 18.6. The van der Waals surface area contributed by atoms with E-state index in [9.17, 15) is 9.18 Å². The Bertz CT molecular complexity index is 1680. The van der Waals surface area contributed by atoms with E-state index in [0.717, 1.165) is 33.3 Å². The number of halogens is 1. The number of hydrogen-bond donors (Lipinski definition) is 1. The molecule has 0 spiro atoms. The fourth-order valence-electron chi connectivity index (χ4n) is 5.12. The molecule has 0 saturated carbocycles. The summed E-state index contributed by atoms with van der Waals surface area (Å²) in [6.45, 7) is 7.47. The zero-order valence-corrected chi connectivity index (χ0v) is 23.2. The van der Waals surface area contributed by atoms with Crippen molar-refractivity contribution in [3.63, 3.8) is 0 Å². The van der Waals surface area contributed by atoms with Crippen molar-refractivity contribution in [3.05, 3.63) is 117 Å². The fraction of sp³-hybridized carbons (Fsp3) is 0.290. The standard InChI is InChI=1S/C31H33FN6O2/c1-5-28(30-34-35-36-38(30)17-22-10-12-26(32)13-11-22)37(18-23-8-6-7-9-29(23)40-4)19-25-16-24-14-20(2)21(3)15-27(24)33-31(25)39/h6-16,28H,5,17-19H2,1-4H3,(H,33,39)/t28-/m0/s1. The van der Waals surface area contributed by atoms with Crippen LogP contribution in [0.25, 0.3) is 10.9 Å². The summed E-state index contributed by atoms with van der Waals surface area (Å²) in [5, 5.41) is 13.6. The molecule has 40 heavy (non-hydrogen) atoms. The van der Waals surface area contributed by atoms with E-state index in [4.69, 9.17) is 4.74 Å². The van der Waals surface area contributed by atoms with Crippen molar-refractivity contribution in [1.29, 1.82) is 0 Å². The van der Waals surface area contributed by atoms with E-state index in [2.05, 4.69) is 45.3 Å². The molecule has 8 nitrogen and oxygen atoms in total. The van der Waals surface area contributed by atoms with E-state index in [1.54, 1.807) is 23.9 Å². The van der Waals surface area contributed by atoms with Crippen LogP contribution in [0.5, 0.6) is 5.75 Å². The number of hydrogen-bond acceptors (Lipinski definition) is 6. The summed E-state index contributed by atoms with van der Waals surface area (Å²) in [6, 6.07) is 20.1. The van der Waals surface area contributed by atoms with Crippen molar-refractivity contribution in [2.45, 2.75) is 52.9 Å². The van der Waals surface area contributed by atoms with Gasteiger partial charge in [0.15, 0.2) is 5.82 Å². The number of aromatic amines is 1. The van der Waals surface area contributed by atoms with Crippen LogP contribution < -0.4 is 10.3 Å². The number of rotatable bonds is 10.